The average molecular weight is 832 g/mol. The molecule has 0 aliphatic carbocycles. The molecule has 0 bridgehead atoms. The number of ether oxygens (including phenoxy) is 1. The number of nitrogens with zero attached hydrogens (tertiary/aromatic N) is 2. The van der Waals surface area contributed by atoms with E-state index < -0.39 is 7.14 Å². The molecule has 0 amide bonds. The molecule has 1 heterocycles. The van der Waals surface area contributed by atoms with Gasteiger partial charge in [-0.05, 0) is 27.9 Å². The van der Waals surface area contributed by atoms with Crippen molar-refractivity contribution in [3.8, 4) is 45.6 Å². The third-order valence-corrected chi connectivity index (χ3v) is 11.0. The van der Waals surface area contributed by atoms with E-state index in [4.69, 9.17) is 20.1 Å². The van der Waals surface area contributed by atoms with E-state index >= 15 is 0 Å². The summed E-state index contributed by atoms with van der Waals surface area (Å²) in [7, 11) is -1.42. The Labute approximate surface area is 298 Å². The van der Waals surface area contributed by atoms with Crippen molar-refractivity contribution in [3.05, 3.63) is 151 Å². The average Bonchev–Trinajstić information content (AvgIpc) is 3.12. The van der Waals surface area contributed by atoms with Crippen LogP contribution >= 0.6 is 7.14 Å². The van der Waals surface area contributed by atoms with Gasteiger partial charge < -0.3 is 19.4 Å². The molecule has 48 heavy (non-hydrogen) atoms. The molecule has 0 unspecified atom stereocenters. The number of aliphatic hydroxyl groups excluding tert-OH is 1. The van der Waals surface area contributed by atoms with Crippen molar-refractivity contribution in [3.63, 3.8) is 0 Å². The van der Waals surface area contributed by atoms with E-state index in [0.29, 0.717) is 0 Å². The van der Waals surface area contributed by atoms with Crippen LogP contribution < -0.4 is 20.7 Å². The smallest absolute Gasteiger partial charge is 0.283 e. The molecule has 5 nitrogen and oxygen atoms in total. The molecule has 1 radical (unpaired) electrons. The van der Waals surface area contributed by atoms with Crippen LogP contribution in [-0.2, 0) is 32.4 Å². The Morgan fingerprint density at radius 1 is 0.708 bits per heavy atom. The molecule has 245 valence electrons. The van der Waals surface area contributed by atoms with E-state index in [1.165, 1.54) is 5.56 Å². The summed E-state index contributed by atoms with van der Waals surface area (Å²) in [4.78, 5) is 5.04. The van der Waals surface area contributed by atoms with E-state index in [1.54, 1.807) is 7.11 Å². The monoisotopic (exact) mass is 831 g/mol. The van der Waals surface area contributed by atoms with Crippen LogP contribution in [0.1, 0.15) is 26.3 Å². The SMILES string of the molecule is COc1c[c-]c(-c2cc(-c3ccc(P(=O)(c4ccccc4)c4ccccc4)cc3)cc(-c3[c-]cc(C(C)(C)C)cc3)n2)cc1.N#CO.[Au]. The van der Waals surface area contributed by atoms with Crippen molar-refractivity contribution >= 4 is 23.1 Å². The van der Waals surface area contributed by atoms with Gasteiger partial charge >= 0.3 is 0 Å². The quantitative estimate of drug-likeness (QED) is 0.0756. The topological polar surface area (TPSA) is 83.2 Å². The third-order valence-electron chi connectivity index (χ3n) is 7.88. The second-order valence-corrected chi connectivity index (χ2v) is 14.7. The minimum absolute atomic E-state index is 0. The van der Waals surface area contributed by atoms with E-state index in [0.717, 1.165) is 61.6 Å². The van der Waals surface area contributed by atoms with Gasteiger partial charge in [0.25, 0.3) is 6.26 Å². The second kappa shape index (κ2) is 15.9. The van der Waals surface area contributed by atoms with Gasteiger partial charge in [0.1, 0.15) is 0 Å². The molecule has 0 saturated carbocycles. The second-order valence-electron chi connectivity index (χ2n) is 11.9. The first-order valence-electron chi connectivity index (χ1n) is 15.1. The summed E-state index contributed by atoms with van der Waals surface area (Å²) >= 11 is 0. The standard InChI is InChI=1S/C40H34NO2P.CHNO.Au/c1-40(2,3)33-21-15-30(16-22-33)38-27-32(28-39(41-38)31-17-23-34(43-4)24-18-31)29-19-25-37(26-20-29)44(42,35-11-7-5-8-12-35)36-13-9-6-10-14-36;2-1-3;/h5-15,17,19-28H,1-4H3;3H;/q-2;;. The van der Waals surface area contributed by atoms with Gasteiger partial charge in [-0.25, -0.2) is 0 Å². The number of benzene rings is 5. The first-order chi connectivity index (χ1) is 22.7. The van der Waals surface area contributed by atoms with Crippen molar-refractivity contribution in [2.75, 3.05) is 7.11 Å². The van der Waals surface area contributed by atoms with Crippen LogP contribution in [0.3, 0.4) is 0 Å². The number of methoxy groups -OCH3 is 1. The molecule has 0 aliphatic heterocycles. The van der Waals surface area contributed by atoms with Gasteiger partial charge in [0, 0.05) is 44.0 Å². The Hall–Kier alpha value is -4.69. The Bertz CT molecular complexity index is 1980. The number of nitriles is 1. The van der Waals surface area contributed by atoms with Gasteiger partial charge in [-0.2, -0.15) is 5.26 Å². The molecule has 1 N–H and O–H groups in total. The maximum absolute atomic E-state index is 14.9. The number of hydrogen-bond donors (Lipinski definition) is 1. The number of hydrogen-bond acceptors (Lipinski definition) is 5. The van der Waals surface area contributed by atoms with Crippen molar-refractivity contribution in [2.45, 2.75) is 26.2 Å². The van der Waals surface area contributed by atoms with E-state index in [9.17, 15) is 4.57 Å². The molecule has 1 aromatic heterocycles. The number of aromatic nitrogens is 1. The third kappa shape index (κ3) is 8.05. The van der Waals surface area contributed by atoms with E-state index in [-0.39, 0.29) is 27.8 Å². The molecule has 6 rings (SSSR count). The molecular weight excluding hydrogens is 796 g/mol. The maximum atomic E-state index is 14.9. The predicted molar refractivity (Wildman–Crippen MR) is 190 cm³/mol. The molecule has 0 saturated heterocycles. The predicted octanol–water partition coefficient (Wildman–Crippen LogP) is 8.47. The van der Waals surface area contributed by atoms with Crippen LogP contribution in [0.4, 0.5) is 0 Å². The van der Waals surface area contributed by atoms with Crippen LogP contribution in [0.2, 0.25) is 0 Å². The van der Waals surface area contributed by atoms with E-state index in [1.807, 2.05) is 91.0 Å². The summed E-state index contributed by atoms with van der Waals surface area (Å²) in [6.07, 6.45) is 0.750. The summed E-state index contributed by atoms with van der Waals surface area (Å²) in [5.41, 5.74) is 6.68. The molecule has 6 aromatic rings. The molecule has 5 aromatic carbocycles. The first kappa shape index (κ1) is 36.2. The molecular formula is C41H35AuN2O3P-2. The van der Waals surface area contributed by atoms with Gasteiger partial charge in [0.15, 0.2) is 7.14 Å². The van der Waals surface area contributed by atoms with Crippen molar-refractivity contribution in [1.82, 2.24) is 4.98 Å². The van der Waals surface area contributed by atoms with Crippen LogP contribution in [0, 0.1) is 23.6 Å². The first-order valence-corrected chi connectivity index (χ1v) is 16.8. The number of pyridine rings is 1. The zero-order valence-corrected chi connectivity index (χ0v) is 30.2. The Morgan fingerprint density at radius 3 is 1.60 bits per heavy atom. The van der Waals surface area contributed by atoms with E-state index in [2.05, 4.69) is 75.4 Å². The summed E-state index contributed by atoms with van der Waals surface area (Å²) in [5, 5.41) is 16.2. The summed E-state index contributed by atoms with van der Waals surface area (Å²) < 4.78 is 20.2. The zero-order valence-electron chi connectivity index (χ0n) is 27.1. The summed E-state index contributed by atoms with van der Waals surface area (Å²) in [6.45, 7) is 6.60. The Kier molecular flexibility index (Phi) is 12.0. The van der Waals surface area contributed by atoms with Gasteiger partial charge in [0.2, 0.25) is 0 Å². The van der Waals surface area contributed by atoms with Crippen molar-refractivity contribution in [1.29, 1.82) is 5.26 Å². The maximum Gasteiger partial charge on any atom is 0.283 e. The molecule has 0 atom stereocenters. The molecule has 0 fully saturated rings. The minimum atomic E-state index is -3.06. The van der Waals surface area contributed by atoms with Crippen LogP contribution in [0.25, 0.3) is 33.6 Å². The van der Waals surface area contributed by atoms with Gasteiger partial charge in [-0.15, -0.1) is 65.2 Å². The Balaban J connectivity index is 0.00000125. The van der Waals surface area contributed by atoms with Crippen molar-refractivity contribution < 1.29 is 36.8 Å². The van der Waals surface area contributed by atoms with Crippen molar-refractivity contribution in [2.24, 2.45) is 0 Å². The largest absolute Gasteiger partial charge is 0.540 e. The molecule has 0 aliphatic rings. The fourth-order valence-electron chi connectivity index (χ4n) is 5.31. The normalized spacial score (nSPS) is 10.9. The van der Waals surface area contributed by atoms with Gasteiger partial charge in [0.05, 0.1) is 7.11 Å². The van der Waals surface area contributed by atoms with Crippen LogP contribution in [-0.4, -0.2) is 17.2 Å². The number of rotatable bonds is 7. The molecule has 7 heteroatoms. The summed E-state index contributed by atoms with van der Waals surface area (Å²) in [5.74, 6) is 0.744. The summed E-state index contributed by atoms with van der Waals surface area (Å²) in [6, 6.07) is 50.6. The van der Waals surface area contributed by atoms with Crippen LogP contribution in [0.5, 0.6) is 5.75 Å². The van der Waals surface area contributed by atoms with Crippen LogP contribution in [0.15, 0.2) is 133 Å². The number of aliphatic hydroxyl groups is 1. The zero-order chi connectivity index (χ0) is 33.4. The molecule has 0 spiro atoms. The Morgan fingerprint density at radius 2 is 1.19 bits per heavy atom. The fourth-order valence-corrected chi connectivity index (χ4v) is 7.95. The van der Waals surface area contributed by atoms with Gasteiger partial charge in [-0.3, -0.25) is 0 Å². The minimum Gasteiger partial charge on any atom is -0.540 e. The van der Waals surface area contributed by atoms with Gasteiger partial charge in [-0.1, -0.05) is 118 Å². The fraction of sp³-hybridized carbons (Fsp3) is 0.122.